The molecule has 0 aliphatic rings. The van der Waals surface area contributed by atoms with Gasteiger partial charge >= 0.3 is 0 Å². The van der Waals surface area contributed by atoms with Crippen molar-refractivity contribution in [1.29, 1.82) is 0 Å². The molecular weight excluding hydrogens is 536 g/mol. The Morgan fingerprint density at radius 3 is 2.15 bits per heavy atom. The van der Waals surface area contributed by atoms with Crippen LogP contribution in [0.15, 0.2) is 72.8 Å². The standard InChI is InChI=1S/C30H35F2N3O4S/c1-5-22(3)33-30(37)28(17-23-9-7-6-8-10-23)34(19-24-13-11-21(2)12-14-24)29(36)20-35(40(4,38)39)25-15-16-26(31)27(32)18-25/h6-16,18,22,28H,5,17,19-20H2,1-4H3,(H,33,37). The summed E-state index contributed by atoms with van der Waals surface area (Å²) >= 11 is 0. The molecule has 2 amide bonds. The van der Waals surface area contributed by atoms with Gasteiger partial charge in [0.15, 0.2) is 11.6 Å². The van der Waals surface area contributed by atoms with Crippen molar-refractivity contribution in [3.8, 4) is 0 Å². The molecule has 0 spiro atoms. The van der Waals surface area contributed by atoms with Crippen LogP contribution in [0.3, 0.4) is 0 Å². The van der Waals surface area contributed by atoms with Crippen LogP contribution in [0, 0.1) is 18.6 Å². The molecule has 7 nitrogen and oxygen atoms in total. The largest absolute Gasteiger partial charge is 0.352 e. The van der Waals surface area contributed by atoms with Gasteiger partial charge in [-0.15, -0.1) is 0 Å². The van der Waals surface area contributed by atoms with Gasteiger partial charge in [-0.05, 0) is 43.5 Å². The number of carbonyl (C=O) groups excluding carboxylic acids is 2. The third kappa shape index (κ3) is 8.35. The van der Waals surface area contributed by atoms with Gasteiger partial charge in [0, 0.05) is 25.1 Å². The zero-order chi connectivity index (χ0) is 29.4. The molecule has 0 saturated carbocycles. The van der Waals surface area contributed by atoms with Gasteiger partial charge < -0.3 is 10.2 Å². The fraction of sp³-hybridized carbons (Fsp3) is 0.333. The van der Waals surface area contributed by atoms with Gasteiger partial charge in [-0.25, -0.2) is 17.2 Å². The first-order chi connectivity index (χ1) is 18.9. The van der Waals surface area contributed by atoms with Gasteiger partial charge in [0.05, 0.1) is 11.9 Å². The first-order valence-corrected chi connectivity index (χ1v) is 14.9. The van der Waals surface area contributed by atoms with Crippen LogP contribution in [0.25, 0.3) is 0 Å². The SMILES string of the molecule is CCC(C)NC(=O)C(Cc1ccccc1)N(Cc1ccc(C)cc1)C(=O)CN(c1ccc(F)c(F)c1)S(C)(=O)=O. The summed E-state index contributed by atoms with van der Waals surface area (Å²) in [7, 11) is -4.09. The Balaban J connectivity index is 2.06. The van der Waals surface area contributed by atoms with Crippen molar-refractivity contribution < 1.29 is 26.8 Å². The number of halogens is 2. The van der Waals surface area contributed by atoms with Crippen LogP contribution in [-0.4, -0.2) is 50.0 Å². The molecule has 0 aliphatic carbocycles. The minimum absolute atomic E-state index is 0.0277. The molecule has 0 fully saturated rings. The van der Waals surface area contributed by atoms with Crippen molar-refractivity contribution in [3.63, 3.8) is 0 Å². The van der Waals surface area contributed by atoms with E-state index in [1.807, 2.05) is 75.4 Å². The number of amides is 2. The van der Waals surface area contributed by atoms with E-state index in [0.717, 1.165) is 41.1 Å². The van der Waals surface area contributed by atoms with Gasteiger partial charge in [0.2, 0.25) is 21.8 Å². The number of nitrogens with zero attached hydrogens (tertiary/aromatic N) is 2. The normalized spacial score (nSPS) is 12.8. The van der Waals surface area contributed by atoms with Gasteiger partial charge in [-0.2, -0.15) is 0 Å². The second-order valence-electron chi connectivity index (χ2n) is 9.90. The molecule has 0 heterocycles. The van der Waals surface area contributed by atoms with Gasteiger partial charge in [-0.1, -0.05) is 67.1 Å². The van der Waals surface area contributed by atoms with Crippen molar-refractivity contribution in [3.05, 3.63) is 101 Å². The van der Waals surface area contributed by atoms with E-state index in [1.165, 1.54) is 4.90 Å². The summed E-state index contributed by atoms with van der Waals surface area (Å²) in [5, 5.41) is 2.95. The van der Waals surface area contributed by atoms with Crippen molar-refractivity contribution in [2.75, 3.05) is 17.1 Å². The van der Waals surface area contributed by atoms with E-state index in [-0.39, 0.29) is 30.6 Å². The van der Waals surface area contributed by atoms with Crippen molar-refractivity contribution >= 4 is 27.5 Å². The minimum Gasteiger partial charge on any atom is -0.352 e. The highest BCUT2D eigenvalue weighted by Gasteiger charge is 2.33. The molecule has 3 aromatic carbocycles. The van der Waals surface area contributed by atoms with E-state index < -0.39 is 40.2 Å². The number of carbonyl (C=O) groups is 2. The lowest BCUT2D eigenvalue weighted by molar-refractivity contribution is -0.140. The quantitative estimate of drug-likeness (QED) is 0.345. The van der Waals surface area contributed by atoms with Crippen molar-refractivity contribution in [2.45, 2.75) is 52.2 Å². The Kier molecular flexibility index (Phi) is 10.4. The maximum Gasteiger partial charge on any atom is 0.244 e. The molecule has 0 aromatic heterocycles. The van der Waals surface area contributed by atoms with E-state index in [1.54, 1.807) is 0 Å². The summed E-state index contributed by atoms with van der Waals surface area (Å²) in [4.78, 5) is 28.9. The highest BCUT2D eigenvalue weighted by Crippen LogP contribution is 2.22. The molecule has 3 aromatic rings. The zero-order valence-corrected chi connectivity index (χ0v) is 23.9. The van der Waals surface area contributed by atoms with Crippen LogP contribution in [0.2, 0.25) is 0 Å². The monoisotopic (exact) mass is 571 g/mol. The molecule has 40 heavy (non-hydrogen) atoms. The molecule has 0 bridgehead atoms. The summed E-state index contributed by atoms with van der Waals surface area (Å²) in [6.45, 7) is 5.03. The molecule has 0 radical (unpaired) electrons. The summed E-state index contributed by atoms with van der Waals surface area (Å²) in [6.07, 6.45) is 1.74. The first kappa shape index (κ1) is 30.7. The van der Waals surface area contributed by atoms with Crippen molar-refractivity contribution in [1.82, 2.24) is 10.2 Å². The highest BCUT2D eigenvalue weighted by molar-refractivity contribution is 7.92. The predicted molar refractivity (Wildman–Crippen MR) is 152 cm³/mol. The maximum absolute atomic E-state index is 14.0. The van der Waals surface area contributed by atoms with E-state index >= 15 is 0 Å². The number of hydrogen-bond donors (Lipinski definition) is 1. The van der Waals surface area contributed by atoms with Gasteiger partial charge in [0.1, 0.15) is 12.6 Å². The third-order valence-corrected chi connectivity index (χ3v) is 7.76. The molecule has 10 heteroatoms. The number of hydrogen-bond acceptors (Lipinski definition) is 4. The Labute approximate surface area is 234 Å². The lowest BCUT2D eigenvalue weighted by atomic mass is 10.0. The van der Waals surface area contributed by atoms with Gasteiger partial charge in [0.25, 0.3) is 0 Å². The predicted octanol–water partition coefficient (Wildman–Crippen LogP) is 4.59. The second kappa shape index (κ2) is 13.5. The summed E-state index contributed by atoms with van der Waals surface area (Å²) in [6, 6.07) is 18.1. The van der Waals surface area contributed by atoms with Crippen LogP contribution < -0.4 is 9.62 Å². The fourth-order valence-corrected chi connectivity index (χ4v) is 4.98. The van der Waals surface area contributed by atoms with E-state index in [9.17, 15) is 26.8 Å². The Morgan fingerprint density at radius 1 is 0.925 bits per heavy atom. The molecule has 3 rings (SSSR count). The average molecular weight is 572 g/mol. The highest BCUT2D eigenvalue weighted by atomic mass is 32.2. The summed E-state index contributed by atoms with van der Waals surface area (Å²) < 4.78 is 53.8. The molecule has 0 saturated heterocycles. The van der Waals surface area contributed by atoms with Crippen molar-refractivity contribution in [2.24, 2.45) is 0 Å². The van der Waals surface area contributed by atoms with E-state index in [0.29, 0.717) is 10.7 Å². The Hall–Kier alpha value is -3.79. The van der Waals surface area contributed by atoms with Crippen LogP contribution >= 0.6 is 0 Å². The topological polar surface area (TPSA) is 86.8 Å². The van der Waals surface area contributed by atoms with Crippen LogP contribution in [0.5, 0.6) is 0 Å². The Bertz CT molecular complexity index is 1420. The average Bonchev–Trinajstić information content (AvgIpc) is 2.91. The lowest BCUT2D eigenvalue weighted by Gasteiger charge is -2.34. The van der Waals surface area contributed by atoms with E-state index in [4.69, 9.17) is 0 Å². The van der Waals surface area contributed by atoms with Gasteiger partial charge in [-0.3, -0.25) is 13.9 Å². The van der Waals surface area contributed by atoms with E-state index in [2.05, 4.69) is 5.32 Å². The minimum atomic E-state index is -4.09. The zero-order valence-electron chi connectivity index (χ0n) is 23.1. The molecule has 2 atom stereocenters. The Morgan fingerprint density at radius 2 is 1.57 bits per heavy atom. The molecule has 2 unspecified atom stereocenters. The number of anilines is 1. The number of nitrogens with one attached hydrogen (secondary N) is 1. The van der Waals surface area contributed by atoms with Crippen LogP contribution in [-0.2, 0) is 32.6 Å². The third-order valence-electron chi connectivity index (χ3n) is 6.62. The molecule has 214 valence electrons. The maximum atomic E-state index is 14.0. The number of benzene rings is 3. The lowest BCUT2D eigenvalue weighted by Crippen LogP contribution is -2.54. The fourth-order valence-electron chi connectivity index (χ4n) is 4.14. The second-order valence-corrected chi connectivity index (χ2v) is 11.8. The number of aryl methyl sites for hydroxylation is 1. The smallest absolute Gasteiger partial charge is 0.244 e. The number of sulfonamides is 1. The van der Waals surface area contributed by atoms with Crippen LogP contribution in [0.4, 0.5) is 14.5 Å². The summed E-state index contributed by atoms with van der Waals surface area (Å²) in [5.74, 6) is -3.44. The molecule has 0 aliphatic heterocycles. The summed E-state index contributed by atoms with van der Waals surface area (Å²) in [5.41, 5.74) is 2.37. The molecule has 1 N–H and O–H groups in total. The first-order valence-electron chi connectivity index (χ1n) is 13.0. The van der Waals surface area contributed by atoms with Crippen LogP contribution in [0.1, 0.15) is 37.0 Å². The molecular formula is C30H35F2N3O4S. The number of rotatable bonds is 12.